The highest BCUT2D eigenvalue weighted by Gasteiger charge is 2.25. The SMILES string of the molecule is CCCCc1c(C(=O)O)c2ccccc2n1C(=O)c1ccccc1. The van der Waals surface area contributed by atoms with Crippen LogP contribution in [0, 0.1) is 0 Å². The van der Waals surface area contributed by atoms with E-state index in [0.717, 1.165) is 12.8 Å². The van der Waals surface area contributed by atoms with Gasteiger partial charge in [0.05, 0.1) is 11.1 Å². The molecule has 3 rings (SSSR count). The van der Waals surface area contributed by atoms with Gasteiger partial charge in [-0.1, -0.05) is 49.7 Å². The number of para-hydroxylation sites is 1. The Morgan fingerprint density at radius 3 is 2.33 bits per heavy atom. The fourth-order valence-electron chi connectivity index (χ4n) is 3.05. The molecule has 24 heavy (non-hydrogen) atoms. The molecule has 3 aromatic rings. The molecule has 0 radical (unpaired) electrons. The lowest BCUT2D eigenvalue weighted by atomic mass is 10.1. The smallest absolute Gasteiger partial charge is 0.338 e. The number of carbonyl (C=O) groups excluding carboxylic acids is 1. The zero-order valence-corrected chi connectivity index (χ0v) is 13.5. The van der Waals surface area contributed by atoms with Gasteiger partial charge < -0.3 is 5.11 Å². The molecule has 4 nitrogen and oxygen atoms in total. The van der Waals surface area contributed by atoms with E-state index in [0.29, 0.717) is 28.6 Å². The lowest BCUT2D eigenvalue weighted by molar-refractivity contribution is 0.0697. The average molecular weight is 321 g/mol. The summed E-state index contributed by atoms with van der Waals surface area (Å²) >= 11 is 0. The van der Waals surface area contributed by atoms with Gasteiger partial charge in [0.25, 0.3) is 5.91 Å². The summed E-state index contributed by atoms with van der Waals surface area (Å²) in [6.07, 6.45) is 2.32. The van der Waals surface area contributed by atoms with Crippen molar-refractivity contribution in [3.05, 3.63) is 71.4 Å². The zero-order valence-electron chi connectivity index (χ0n) is 13.5. The number of aromatic nitrogens is 1. The quantitative estimate of drug-likeness (QED) is 0.759. The fraction of sp³-hybridized carbons (Fsp3) is 0.200. The highest BCUT2D eigenvalue weighted by molar-refractivity contribution is 6.11. The third kappa shape index (κ3) is 2.71. The second-order valence-electron chi connectivity index (χ2n) is 5.75. The summed E-state index contributed by atoms with van der Waals surface area (Å²) in [5.74, 6) is -1.18. The van der Waals surface area contributed by atoms with Crippen LogP contribution in [0.25, 0.3) is 10.9 Å². The molecule has 2 aromatic carbocycles. The predicted molar refractivity (Wildman–Crippen MR) is 93.7 cm³/mol. The van der Waals surface area contributed by atoms with E-state index in [2.05, 4.69) is 0 Å². The minimum Gasteiger partial charge on any atom is -0.478 e. The molecule has 0 aliphatic rings. The van der Waals surface area contributed by atoms with Gasteiger partial charge in [-0.15, -0.1) is 0 Å². The van der Waals surface area contributed by atoms with Crippen LogP contribution in [0.1, 0.15) is 46.2 Å². The minimum atomic E-state index is -0.989. The number of hydrogen-bond acceptors (Lipinski definition) is 2. The van der Waals surface area contributed by atoms with Gasteiger partial charge in [-0.25, -0.2) is 4.79 Å². The standard InChI is InChI=1S/C20H19NO3/c1-2-3-12-17-18(20(23)24)15-11-7-8-13-16(15)21(17)19(22)14-9-5-4-6-10-14/h4-11,13H,2-3,12H2,1H3,(H,23,24). The van der Waals surface area contributed by atoms with Crippen LogP contribution in [-0.4, -0.2) is 21.6 Å². The van der Waals surface area contributed by atoms with E-state index in [9.17, 15) is 14.7 Å². The molecular formula is C20H19NO3. The van der Waals surface area contributed by atoms with Gasteiger partial charge in [-0.3, -0.25) is 9.36 Å². The van der Waals surface area contributed by atoms with E-state index >= 15 is 0 Å². The van der Waals surface area contributed by atoms with Gasteiger partial charge in [0.2, 0.25) is 0 Å². The Hall–Kier alpha value is -2.88. The molecule has 0 atom stereocenters. The molecule has 0 spiro atoms. The average Bonchev–Trinajstić information content (AvgIpc) is 2.94. The summed E-state index contributed by atoms with van der Waals surface area (Å²) in [5, 5.41) is 10.3. The van der Waals surface area contributed by atoms with Gasteiger partial charge in [0, 0.05) is 16.6 Å². The van der Waals surface area contributed by atoms with E-state index in [1.54, 1.807) is 34.9 Å². The van der Waals surface area contributed by atoms with Crippen molar-refractivity contribution in [2.75, 3.05) is 0 Å². The van der Waals surface area contributed by atoms with Crippen molar-refractivity contribution in [2.24, 2.45) is 0 Å². The predicted octanol–water partition coefficient (Wildman–Crippen LogP) is 4.37. The van der Waals surface area contributed by atoms with Crippen molar-refractivity contribution >= 4 is 22.8 Å². The topological polar surface area (TPSA) is 59.3 Å². The van der Waals surface area contributed by atoms with Crippen molar-refractivity contribution in [3.8, 4) is 0 Å². The molecule has 0 aliphatic heterocycles. The summed E-state index contributed by atoms with van der Waals surface area (Å²) in [4.78, 5) is 24.9. The number of fused-ring (bicyclic) bond motifs is 1. The molecule has 1 heterocycles. The minimum absolute atomic E-state index is 0.189. The second kappa shape index (κ2) is 6.71. The molecule has 0 saturated carbocycles. The van der Waals surface area contributed by atoms with Crippen molar-refractivity contribution in [2.45, 2.75) is 26.2 Å². The Morgan fingerprint density at radius 1 is 1.00 bits per heavy atom. The number of nitrogens with zero attached hydrogens (tertiary/aromatic N) is 1. The Labute approximate surface area is 140 Å². The maximum Gasteiger partial charge on any atom is 0.338 e. The lowest BCUT2D eigenvalue weighted by Gasteiger charge is -2.10. The first-order valence-corrected chi connectivity index (χ1v) is 8.10. The molecular weight excluding hydrogens is 302 g/mol. The lowest BCUT2D eigenvalue weighted by Crippen LogP contribution is -2.16. The molecule has 1 N–H and O–H groups in total. The number of hydrogen-bond donors (Lipinski definition) is 1. The third-order valence-corrected chi connectivity index (χ3v) is 4.18. The summed E-state index contributed by atoms with van der Waals surface area (Å²) < 4.78 is 1.57. The normalized spacial score (nSPS) is 10.9. The van der Waals surface area contributed by atoms with Gasteiger partial charge in [-0.05, 0) is 31.0 Å². The Kier molecular flexibility index (Phi) is 4.47. The first-order chi connectivity index (χ1) is 11.6. The van der Waals surface area contributed by atoms with Crippen LogP contribution in [0.5, 0.6) is 0 Å². The molecule has 0 saturated heterocycles. The largest absolute Gasteiger partial charge is 0.478 e. The molecule has 4 heteroatoms. The van der Waals surface area contributed by atoms with Crippen LogP contribution in [0.2, 0.25) is 0 Å². The van der Waals surface area contributed by atoms with Gasteiger partial charge in [-0.2, -0.15) is 0 Å². The molecule has 0 fully saturated rings. The number of aromatic carboxylic acids is 1. The molecule has 0 aliphatic carbocycles. The van der Waals surface area contributed by atoms with Crippen LogP contribution in [0.4, 0.5) is 0 Å². The van der Waals surface area contributed by atoms with Crippen molar-refractivity contribution in [1.29, 1.82) is 0 Å². The van der Waals surface area contributed by atoms with E-state index < -0.39 is 5.97 Å². The Morgan fingerprint density at radius 2 is 1.67 bits per heavy atom. The van der Waals surface area contributed by atoms with Crippen LogP contribution < -0.4 is 0 Å². The maximum absolute atomic E-state index is 13.1. The van der Waals surface area contributed by atoms with Gasteiger partial charge >= 0.3 is 5.97 Å². The van der Waals surface area contributed by atoms with E-state index in [1.807, 2.05) is 31.2 Å². The van der Waals surface area contributed by atoms with Crippen LogP contribution in [0.15, 0.2) is 54.6 Å². The van der Waals surface area contributed by atoms with Crippen molar-refractivity contribution in [1.82, 2.24) is 4.57 Å². The summed E-state index contributed by atoms with van der Waals surface area (Å²) in [5.41, 5.74) is 2.02. The molecule has 0 bridgehead atoms. The maximum atomic E-state index is 13.1. The Bertz CT molecular complexity index is 894. The Balaban J connectivity index is 2.29. The van der Waals surface area contributed by atoms with Crippen molar-refractivity contribution < 1.29 is 14.7 Å². The van der Waals surface area contributed by atoms with Gasteiger partial charge in [0.15, 0.2) is 0 Å². The number of rotatable bonds is 5. The van der Waals surface area contributed by atoms with Crippen LogP contribution >= 0.6 is 0 Å². The monoisotopic (exact) mass is 321 g/mol. The van der Waals surface area contributed by atoms with Gasteiger partial charge in [0.1, 0.15) is 0 Å². The first-order valence-electron chi connectivity index (χ1n) is 8.10. The highest BCUT2D eigenvalue weighted by Crippen LogP contribution is 2.28. The summed E-state index contributed by atoms with van der Waals surface area (Å²) in [6, 6.07) is 16.2. The van der Waals surface area contributed by atoms with E-state index in [-0.39, 0.29) is 11.5 Å². The summed E-state index contributed by atoms with van der Waals surface area (Å²) in [7, 11) is 0. The number of carboxylic acid groups (broad SMARTS) is 1. The zero-order chi connectivity index (χ0) is 17.1. The number of benzene rings is 2. The fourth-order valence-corrected chi connectivity index (χ4v) is 3.05. The number of carboxylic acids is 1. The van der Waals surface area contributed by atoms with E-state index in [4.69, 9.17) is 0 Å². The number of unbranched alkanes of at least 4 members (excludes halogenated alkanes) is 1. The van der Waals surface area contributed by atoms with Crippen LogP contribution in [0.3, 0.4) is 0 Å². The molecule has 1 aromatic heterocycles. The third-order valence-electron chi connectivity index (χ3n) is 4.18. The number of carbonyl (C=O) groups is 2. The van der Waals surface area contributed by atoms with Crippen molar-refractivity contribution in [3.63, 3.8) is 0 Å². The summed E-state index contributed by atoms with van der Waals surface area (Å²) in [6.45, 7) is 2.05. The second-order valence-corrected chi connectivity index (χ2v) is 5.75. The van der Waals surface area contributed by atoms with Crippen LogP contribution in [-0.2, 0) is 6.42 Å². The first kappa shape index (κ1) is 16.0. The molecule has 122 valence electrons. The molecule has 0 amide bonds. The highest BCUT2D eigenvalue weighted by atomic mass is 16.4. The molecule has 0 unspecified atom stereocenters. The van der Waals surface area contributed by atoms with E-state index in [1.165, 1.54) is 0 Å².